The molecule has 172 valence electrons. The van der Waals surface area contributed by atoms with Gasteiger partial charge in [0.25, 0.3) is 0 Å². The van der Waals surface area contributed by atoms with Crippen molar-refractivity contribution >= 4 is 53.4 Å². The molecular formula is C22H37Cl3N3OS+. The Labute approximate surface area is 203 Å². The summed E-state index contributed by atoms with van der Waals surface area (Å²) in [6.45, 7) is 6.88. The van der Waals surface area contributed by atoms with Crippen molar-refractivity contribution in [3.63, 3.8) is 0 Å². The topological polar surface area (TPSA) is 40.7 Å². The summed E-state index contributed by atoms with van der Waals surface area (Å²) >= 11 is 7.53. The van der Waals surface area contributed by atoms with Crippen LogP contribution in [0.25, 0.3) is 0 Å². The Morgan fingerprint density at radius 2 is 1.57 bits per heavy atom. The average molecular weight is 498 g/mol. The van der Waals surface area contributed by atoms with Crippen LogP contribution in [0.4, 0.5) is 0 Å². The number of rotatable bonds is 8. The lowest BCUT2D eigenvalue weighted by molar-refractivity contribution is -0.512. The minimum atomic E-state index is 0. The maximum Gasteiger partial charge on any atom is 0.396 e. The van der Waals surface area contributed by atoms with Crippen molar-refractivity contribution in [1.82, 2.24) is 9.80 Å². The first-order chi connectivity index (χ1) is 13.7. The van der Waals surface area contributed by atoms with E-state index in [2.05, 4.69) is 26.9 Å². The monoisotopic (exact) mass is 496 g/mol. The molecule has 1 saturated carbocycles. The van der Waals surface area contributed by atoms with Crippen molar-refractivity contribution < 1.29 is 10.1 Å². The Bertz CT molecular complexity index is 604. The van der Waals surface area contributed by atoms with E-state index >= 15 is 0 Å². The van der Waals surface area contributed by atoms with Crippen LogP contribution in [-0.2, 0) is 6.42 Å². The predicted molar refractivity (Wildman–Crippen MR) is 135 cm³/mol. The molecule has 0 bridgehead atoms. The number of benzene rings is 1. The van der Waals surface area contributed by atoms with Crippen molar-refractivity contribution in [3.8, 4) is 0 Å². The van der Waals surface area contributed by atoms with Crippen LogP contribution in [0.15, 0.2) is 24.3 Å². The Kier molecular flexibility index (Phi) is 14.5. The molecule has 2 fully saturated rings. The highest BCUT2D eigenvalue weighted by Crippen LogP contribution is 2.15. The molecule has 2 aliphatic rings. The molecule has 4 nitrogen and oxygen atoms in total. The molecule has 3 rings (SSSR count). The third-order valence-electron chi connectivity index (χ3n) is 5.89. The lowest BCUT2D eigenvalue weighted by atomic mass is 9.96. The third kappa shape index (κ3) is 10.4. The molecule has 0 unspecified atom stereocenters. The molecule has 1 aliphatic heterocycles. The fourth-order valence-corrected chi connectivity index (χ4v) is 4.94. The molecule has 30 heavy (non-hydrogen) atoms. The van der Waals surface area contributed by atoms with Gasteiger partial charge in [0, 0.05) is 56.3 Å². The molecule has 1 aromatic rings. The van der Waals surface area contributed by atoms with Gasteiger partial charge in [-0.25, -0.2) is 4.99 Å². The van der Waals surface area contributed by atoms with Gasteiger partial charge in [0.05, 0.1) is 0 Å². The van der Waals surface area contributed by atoms with Gasteiger partial charge in [-0.2, -0.15) is 0 Å². The van der Waals surface area contributed by atoms with Crippen molar-refractivity contribution in [2.45, 2.75) is 51.0 Å². The zero-order chi connectivity index (χ0) is 19.6. The summed E-state index contributed by atoms with van der Waals surface area (Å²) in [4.78, 5) is 8.42. The van der Waals surface area contributed by atoms with E-state index in [-0.39, 0.29) is 24.8 Å². The Hall–Kier alpha value is -0.170. The maximum absolute atomic E-state index is 10.1. The summed E-state index contributed by atoms with van der Waals surface area (Å²) in [7, 11) is 0. The van der Waals surface area contributed by atoms with E-state index in [9.17, 15) is 5.11 Å². The minimum Gasteiger partial charge on any atom is -0.455 e. The summed E-state index contributed by atoms with van der Waals surface area (Å²) < 4.78 is 0. The van der Waals surface area contributed by atoms with E-state index in [1.54, 1.807) is 11.8 Å². The number of aliphatic hydroxyl groups is 1. The molecular weight excluding hydrogens is 461 g/mol. The highest BCUT2D eigenvalue weighted by molar-refractivity contribution is 8.13. The van der Waals surface area contributed by atoms with Crippen molar-refractivity contribution in [3.05, 3.63) is 34.9 Å². The molecule has 0 aromatic heterocycles. The molecule has 0 atom stereocenters. The highest BCUT2D eigenvalue weighted by atomic mass is 35.5. The van der Waals surface area contributed by atoms with E-state index in [1.165, 1.54) is 37.7 Å². The number of nitrogens with one attached hydrogen (secondary N) is 1. The van der Waals surface area contributed by atoms with Crippen LogP contribution in [0.2, 0.25) is 5.02 Å². The number of hydrogen-bond acceptors (Lipinski definition) is 3. The van der Waals surface area contributed by atoms with Crippen LogP contribution in [-0.4, -0.2) is 71.2 Å². The van der Waals surface area contributed by atoms with Gasteiger partial charge in [-0.05, 0) is 61.7 Å². The second kappa shape index (κ2) is 15.6. The van der Waals surface area contributed by atoms with Gasteiger partial charge in [-0.15, -0.1) is 24.8 Å². The second-order valence-corrected chi connectivity index (χ2v) is 9.57. The lowest BCUT2D eigenvalue weighted by Crippen LogP contribution is -2.79. The first-order valence-electron chi connectivity index (χ1n) is 10.8. The quantitative estimate of drug-likeness (QED) is 0.326. The van der Waals surface area contributed by atoms with Gasteiger partial charge in [0.15, 0.2) is 6.04 Å². The van der Waals surface area contributed by atoms with Gasteiger partial charge >= 0.3 is 5.23 Å². The number of hydrogen-bond donors (Lipinski definition) is 2. The average Bonchev–Trinajstić information content (AvgIpc) is 2.72. The Morgan fingerprint density at radius 3 is 2.20 bits per heavy atom. The third-order valence-corrected chi connectivity index (χ3v) is 7.02. The molecule has 1 aromatic carbocycles. The van der Waals surface area contributed by atoms with Gasteiger partial charge in [-0.3, -0.25) is 0 Å². The van der Waals surface area contributed by atoms with Crippen LogP contribution < -0.4 is 4.99 Å². The molecule has 2 N–H and O–H groups in total. The number of halogens is 3. The van der Waals surface area contributed by atoms with Crippen LogP contribution >= 0.6 is 48.2 Å². The van der Waals surface area contributed by atoms with Crippen LogP contribution in [0.3, 0.4) is 0 Å². The van der Waals surface area contributed by atoms with Gasteiger partial charge in [0.1, 0.15) is 0 Å². The van der Waals surface area contributed by atoms with Crippen LogP contribution in [0.1, 0.15) is 44.1 Å². The summed E-state index contributed by atoms with van der Waals surface area (Å²) in [6, 6.07) is 8.71. The van der Waals surface area contributed by atoms with Gasteiger partial charge < -0.3 is 14.9 Å². The van der Waals surface area contributed by atoms with Crippen molar-refractivity contribution in [2.24, 2.45) is 0 Å². The normalized spacial score (nSPS) is 19.2. The SMILES string of the molecule is Cl.Cl.OC(=[NH+]C1CCCCC1)SCCCN1CCN(CCc2ccc(Cl)cc2)CC1. The standard InChI is InChI=1S/C22H34ClN3OS.2ClH/c23-20-9-7-19(8-10-20)11-13-26-16-14-25(15-17-26)12-4-18-28-22(27)24-21-5-2-1-3-6-21;;/h7-10,21H,1-6,11-18H2,(H,24,27);2*1H/p+1. The fourth-order valence-electron chi connectivity index (χ4n) is 4.10. The molecule has 0 spiro atoms. The van der Waals surface area contributed by atoms with E-state index in [1.807, 2.05) is 12.1 Å². The van der Waals surface area contributed by atoms with Crippen molar-refractivity contribution in [1.29, 1.82) is 0 Å². The summed E-state index contributed by atoms with van der Waals surface area (Å²) in [5.41, 5.74) is 1.36. The predicted octanol–water partition coefficient (Wildman–Crippen LogP) is 3.79. The van der Waals surface area contributed by atoms with Crippen LogP contribution in [0.5, 0.6) is 0 Å². The molecule has 1 saturated heterocycles. The Morgan fingerprint density at radius 1 is 0.967 bits per heavy atom. The number of piperazine rings is 1. The summed E-state index contributed by atoms with van der Waals surface area (Å²) in [5, 5.41) is 11.3. The molecule has 1 heterocycles. The number of nitrogens with zero attached hydrogens (tertiary/aromatic N) is 2. The largest absolute Gasteiger partial charge is 0.455 e. The zero-order valence-electron chi connectivity index (χ0n) is 17.7. The smallest absolute Gasteiger partial charge is 0.396 e. The second-order valence-electron chi connectivity index (χ2n) is 8.05. The zero-order valence-corrected chi connectivity index (χ0v) is 20.9. The van der Waals surface area contributed by atoms with E-state index in [4.69, 9.17) is 11.6 Å². The Balaban J connectivity index is 0.00000225. The number of thioether (sulfide) groups is 1. The summed E-state index contributed by atoms with van der Waals surface area (Å²) in [5.74, 6) is 0.988. The summed E-state index contributed by atoms with van der Waals surface area (Å²) in [6.07, 6.45) is 8.56. The van der Waals surface area contributed by atoms with E-state index < -0.39 is 0 Å². The van der Waals surface area contributed by atoms with E-state index in [0.29, 0.717) is 11.3 Å². The maximum atomic E-state index is 10.1. The van der Waals surface area contributed by atoms with Crippen LogP contribution in [0, 0.1) is 0 Å². The van der Waals surface area contributed by atoms with Gasteiger partial charge in [-0.1, -0.05) is 30.2 Å². The molecule has 8 heteroatoms. The van der Waals surface area contributed by atoms with Crippen molar-refractivity contribution in [2.75, 3.05) is 45.0 Å². The number of aliphatic hydroxyl groups excluding tert-OH is 1. The van der Waals surface area contributed by atoms with Gasteiger partial charge in [0.2, 0.25) is 0 Å². The minimum absolute atomic E-state index is 0. The highest BCUT2D eigenvalue weighted by Gasteiger charge is 2.19. The fraction of sp³-hybridized carbons (Fsp3) is 0.682. The molecule has 0 radical (unpaired) electrons. The van der Waals surface area contributed by atoms with E-state index in [0.717, 1.165) is 62.9 Å². The molecule has 1 aliphatic carbocycles. The first-order valence-corrected chi connectivity index (χ1v) is 12.2. The first kappa shape index (κ1) is 27.9. The lowest BCUT2D eigenvalue weighted by Gasteiger charge is -2.34. The molecule has 0 amide bonds.